The van der Waals surface area contributed by atoms with Crippen molar-refractivity contribution in [1.82, 2.24) is 4.90 Å². The van der Waals surface area contributed by atoms with E-state index in [9.17, 15) is 4.79 Å². The van der Waals surface area contributed by atoms with Gasteiger partial charge in [0.1, 0.15) is 0 Å². The van der Waals surface area contributed by atoms with Crippen LogP contribution >= 0.6 is 0 Å². The Kier molecular flexibility index (Phi) is 2.26. The quantitative estimate of drug-likeness (QED) is 0.673. The van der Waals surface area contributed by atoms with Crippen molar-refractivity contribution in [3.8, 4) is 0 Å². The molecule has 13 heavy (non-hydrogen) atoms. The molecule has 4 nitrogen and oxygen atoms in total. The number of rotatable bonds is 2. The van der Waals surface area contributed by atoms with Crippen molar-refractivity contribution in [2.45, 2.75) is 24.8 Å². The Morgan fingerprint density at radius 3 is 2.85 bits per heavy atom. The fourth-order valence-electron chi connectivity index (χ4n) is 2.22. The summed E-state index contributed by atoms with van der Waals surface area (Å²) in [6, 6.07) is 0. The highest BCUT2D eigenvalue weighted by Gasteiger charge is 2.45. The second kappa shape index (κ2) is 3.27. The van der Waals surface area contributed by atoms with Crippen LogP contribution in [0.5, 0.6) is 0 Å². The monoisotopic (exact) mass is 185 g/mol. The summed E-state index contributed by atoms with van der Waals surface area (Å²) in [6.07, 6.45) is 3.40. The molecule has 1 spiro atoms. The van der Waals surface area contributed by atoms with Gasteiger partial charge in [-0.05, 0) is 19.3 Å². The van der Waals surface area contributed by atoms with Gasteiger partial charge >= 0.3 is 5.97 Å². The zero-order chi connectivity index (χ0) is 9.31. The molecule has 1 heterocycles. The molecule has 1 aliphatic carbocycles. The van der Waals surface area contributed by atoms with Crippen molar-refractivity contribution in [2.75, 3.05) is 26.3 Å². The van der Waals surface area contributed by atoms with E-state index in [4.69, 9.17) is 9.84 Å². The maximum Gasteiger partial charge on any atom is 0.317 e. The van der Waals surface area contributed by atoms with Gasteiger partial charge in [-0.25, -0.2) is 0 Å². The standard InChI is InChI=1S/C9H15NO3/c11-8(12)6-10-4-5-13-7-9(10)2-1-3-9/h1-7H2,(H,11,12). The van der Waals surface area contributed by atoms with E-state index in [1.165, 1.54) is 6.42 Å². The summed E-state index contributed by atoms with van der Waals surface area (Å²) in [4.78, 5) is 12.7. The van der Waals surface area contributed by atoms with E-state index in [0.717, 1.165) is 26.0 Å². The second-order valence-corrected chi connectivity index (χ2v) is 3.95. The molecule has 2 fully saturated rings. The number of hydrogen-bond acceptors (Lipinski definition) is 3. The first-order valence-electron chi connectivity index (χ1n) is 4.78. The molecule has 0 aromatic carbocycles. The van der Waals surface area contributed by atoms with Crippen molar-refractivity contribution < 1.29 is 14.6 Å². The number of carbonyl (C=O) groups is 1. The van der Waals surface area contributed by atoms with Crippen molar-refractivity contribution >= 4 is 5.97 Å². The Morgan fingerprint density at radius 1 is 1.54 bits per heavy atom. The normalized spacial score (nSPS) is 27.1. The van der Waals surface area contributed by atoms with Crippen molar-refractivity contribution in [2.24, 2.45) is 0 Å². The minimum absolute atomic E-state index is 0.0800. The Bertz CT molecular complexity index is 213. The molecule has 74 valence electrons. The number of carboxylic acid groups (broad SMARTS) is 1. The van der Waals surface area contributed by atoms with Gasteiger partial charge < -0.3 is 9.84 Å². The van der Waals surface area contributed by atoms with Gasteiger partial charge in [0.15, 0.2) is 0 Å². The molecule has 4 heteroatoms. The van der Waals surface area contributed by atoms with Gasteiger partial charge in [0.2, 0.25) is 0 Å². The summed E-state index contributed by atoms with van der Waals surface area (Å²) < 4.78 is 5.40. The molecule has 2 rings (SSSR count). The van der Waals surface area contributed by atoms with Crippen molar-refractivity contribution in [1.29, 1.82) is 0 Å². The third kappa shape index (κ3) is 1.56. The van der Waals surface area contributed by atoms with Crippen LogP contribution in [-0.4, -0.2) is 47.8 Å². The minimum atomic E-state index is -0.729. The Balaban J connectivity index is 2.00. The van der Waals surface area contributed by atoms with Crippen LogP contribution in [0.2, 0.25) is 0 Å². The third-order valence-electron chi connectivity index (χ3n) is 3.16. The molecular formula is C9H15NO3. The van der Waals surface area contributed by atoms with E-state index in [2.05, 4.69) is 4.90 Å². The van der Waals surface area contributed by atoms with E-state index in [1.807, 2.05) is 0 Å². The van der Waals surface area contributed by atoms with Gasteiger partial charge in [-0.3, -0.25) is 9.69 Å². The van der Waals surface area contributed by atoms with Gasteiger partial charge in [-0.1, -0.05) is 0 Å². The highest BCUT2D eigenvalue weighted by molar-refractivity contribution is 5.69. The largest absolute Gasteiger partial charge is 0.480 e. The summed E-state index contributed by atoms with van der Waals surface area (Å²) >= 11 is 0. The molecule has 1 N–H and O–H groups in total. The zero-order valence-corrected chi connectivity index (χ0v) is 7.66. The second-order valence-electron chi connectivity index (χ2n) is 3.95. The number of carboxylic acids is 1. The topological polar surface area (TPSA) is 49.8 Å². The van der Waals surface area contributed by atoms with E-state index >= 15 is 0 Å². The molecule has 2 aliphatic rings. The number of morpholine rings is 1. The first-order valence-corrected chi connectivity index (χ1v) is 4.78. The van der Waals surface area contributed by atoms with Crippen molar-refractivity contribution in [3.63, 3.8) is 0 Å². The summed E-state index contributed by atoms with van der Waals surface area (Å²) in [6.45, 7) is 2.34. The lowest BCUT2D eigenvalue weighted by molar-refractivity contribution is -0.149. The molecule has 0 aromatic rings. The maximum atomic E-state index is 10.6. The van der Waals surface area contributed by atoms with Gasteiger partial charge in [-0.2, -0.15) is 0 Å². The van der Waals surface area contributed by atoms with Gasteiger partial charge in [0.05, 0.1) is 19.8 Å². The zero-order valence-electron chi connectivity index (χ0n) is 7.66. The third-order valence-corrected chi connectivity index (χ3v) is 3.16. The molecule has 1 saturated heterocycles. The van der Waals surface area contributed by atoms with Crippen LogP contribution in [0, 0.1) is 0 Å². The SMILES string of the molecule is O=C(O)CN1CCOCC12CCC2. The van der Waals surface area contributed by atoms with Crippen LogP contribution < -0.4 is 0 Å². The minimum Gasteiger partial charge on any atom is -0.480 e. The van der Waals surface area contributed by atoms with E-state index in [0.29, 0.717) is 6.61 Å². The molecular weight excluding hydrogens is 170 g/mol. The predicted octanol–water partition coefficient (Wildman–Crippen LogP) is 0.326. The molecule has 1 saturated carbocycles. The van der Waals surface area contributed by atoms with Crippen molar-refractivity contribution in [3.05, 3.63) is 0 Å². The van der Waals surface area contributed by atoms with Crippen LogP contribution in [0.3, 0.4) is 0 Å². The number of aliphatic carboxylic acids is 1. The Hall–Kier alpha value is -0.610. The smallest absolute Gasteiger partial charge is 0.317 e. The summed E-state index contributed by atoms with van der Waals surface area (Å²) in [7, 11) is 0. The lowest BCUT2D eigenvalue weighted by Gasteiger charge is -2.52. The molecule has 0 amide bonds. The number of nitrogens with zero attached hydrogens (tertiary/aromatic N) is 1. The summed E-state index contributed by atoms with van der Waals surface area (Å²) in [5, 5.41) is 8.74. The first kappa shape index (κ1) is 8.97. The fraction of sp³-hybridized carbons (Fsp3) is 0.889. The molecule has 1 aliphatic heterocycles. The maximum absolute atomic E-state index is 10.6. The van der Waals surface area contributed by atoms with Gasteiger partial charge in [0, 0.05) is 12.1 Å². The Labute approximate surface area is 77.5 Å². The average Bonchev–Trinajstić information content (AvgIpc) is 2.01. The average molecular weight is 185 g/mol. The molecule has 0 bridgehead atoms. The summed E-state index contributed by atoms with van der Waals surface area (Å²) in [5.41, 5.74) is 0.0800. The van der Waals surface area contributed by atoms with Crippen LogP contribution in [0.1, 0.15) is 19.3 Å². The highest BCUT2D eigenvalue weighted by atomic mass is 16.5. The lowest BCUT2D eigenvalue weighted by Crippen LogP contribution is -2.61. The van der Waals surface area contributed by atoms with E-state index in [1.54, 1.807) is 0 Å². The summed E-state index contributed by atoms with van der Waals surface area (Å²) in [5.74, 6) is -0.729. The highest BCUT2D eigenvalue weighted by Crippen LogP contribution is 2.39. The lowest BCUT2D eigenvalue weighted by atomic mass is 9.75. The van der Waals surface area contributed by atoms with Crippen LogP contribution in [-0.2, 0) is 9.53 Å². The molecule has 0 unspecified atom stereocenters. The van der Waals surface area contributed by atoms with Gasteiger partial charge in [-0.15, -0.1) is 0 Å². The van der Waals surface area contributed by atoms with Crippen LogP contribution in [0.25, 0.3) is 0 Å². The van der Waals surface area contributed by atoms with E-state index in [-0.39, 0.29) is 12.1 Å². The molecule has 0 atom stereocenters. The van der Waals surface area contributed by atoms with Gasteiger partial charge in [0.25, 0.3) is 0 Å². The first-order chi connectivity index (χ1) is 6.23. The number of ether oxygens (including phenoxy) is 1. The molecule has 0 radical (unpaired) electrons. The number of hydrogen-bond donors (Lipinski definition) is 1. The predicted molar refractivity (Wildman–Crippen MR) is 46.6 cm³/mol. The Morgan fingerprint density at radius 2 is 2.31 bits per heavy atom. The van der Waals surface area contributed by atoms with E-state index < -0.39 is 5.97 Å². The van der Waals surface area contributed by atoms with Crippen LogP contribution in [0.4, 0.5) is 0 Å². The molecule has 0 aromatic heterocycles. The van der Waals surface area contributed by atoms with Crippen LogP contribution in [0.15, 0.2) is 0 Å². The fourth-order valence-corrected chi connectivity index (χ4v) is 2.22.